The molecule has 5 heteroatoms. The molecule has 1 rings (SSSR count). The highest BCUT2D eigenvalue weighted by Crippen LogP contribution is 2.34. The number of carbonyl (C=O) groups excluding carboxylic acids is 1. The largest absolute Gasteiger partial charge is 0.484 e. The van der Waals surface area contributed by atoms with E-state index in [1.165, 1.54) is 6.26 Å². The normalized spacial score (nSPS) is 27.4. The Balaban J connectivity index is 3.17. The van der Waals surface area contributed by atoms with Crippen molar-refractivity contribution in [2.45, 2.75) is 53.8 Å². The average Bonchev–Trinajstić information content (AvgIpc) is 2.37. The first-order chi connectivity index (χ1) is 9.23. The second-order valence-electron chi connectivity index (χ2n) is 6.20. The zero-order chi connectivity index (χ0) is 15.5. The van der Waals surface area contributed by atoms with Crippen LogP contribution in [0.4, 0.5) is 4.79 Å². The summed E-state index contributed by atoms with van der Waals surface area (Å²) in [6, 6.07) is -0.0376. The standard InChI is InChI=1S/C15H26N2O3/c1-8-9-20-14(18)17-11(3)10(2)12(19-7)16-13(17)15(4,5)6/h8-11,13H,1-7H3/b9-8+/t10-,11-,13+/m0/s1. The Morgan fingerprint density at radius 1 is 1.35 bits per heavy atom. The number of nitrogens with zero attached hydrogens (tertiary/aromatic N) is 2. The van der Waals surface area contributed by atoms with Gasteiger partial charge in [0, 0.05) is 11.5 Å². The van der Waals surface area contributed by atoms with Crippen LogP contribution >= 0.6 is 0 Å². The van der Waals surface area contributed by atoms with Gasteiger partial charge in [-0.2, -0.15) is 0 Å². The molecular formula is C15H26N2O3. The molecule has 0 spiro atoms. The van der Waals surface area contributed by atoms with E-state index in [-0.39, 0.29) is 29.6 Å². The molecule has 1 aliphatic rings. The topological polar surface area (TPSA) is 51.1 Å². The van der Waals surface area contributed by atoms with Crippen molar-refractivity contribution >= 4 is 12.0 Å². The van der Waals surface area contributed by atoms with Crippen LogP contribution in [-0.4, -0.2) is 36.2 Å². The lowest BCUT2D eigenvalue weighted by atomic mass is 9.87. The number of hydrogen-bond donors (Lipinski definition) is 0. The van der Waals surface area contributed by atoms with Crippen LogP contribution in [-0.2, 0) is 9.47 Å². The fraction of sp³-hybridized carbons (Fsp3) is 0.733. The lowest BCUT2D eigenvalue weighted by Gasteiger charge is -2.45. The molecule has 20 heavy (non-hydrogen) atoms. The molecule has 0 radical (unpaired) electrons. The predicted molar refractivity (Wildman–Crippen MR) is 79.4 cm³/mol. The van der Waals surface area contributed by atoms with E-state index in [4.69, 9.17) is 9.47 Å². The number of allylic oxidation sites excluding steroid dienone is 1. The van der Waals surface area contributed by atoms with E-state index in [0.717, 1.165) is 0 Å². The van der Waals surface area contributed by atoms with Crippen LogP contribution in [0, 0.1) is 11.3 Å². The first-order valence-corrected chi connectivity index (χ1v) is 6.95. The molecule has 114 valence electrons. The zero-order valence-electron chi connectivity index (χ0n) is 13.5. The molecule has 1 aliphatic heterocycles. The van der Waals surface area contributed by atoms with Gasteiger partial charge in [-0.1, -0.05) is 33.8 Å². The number of ether oxygens (including phenoxy) is 2. The highest BCUT2D eigenvalue weighted by Gasteiger charge is 2.44. The maximum Gasteiger partial charge on any atom is 0.416 e. The van der Waals surface area contributed by atoms with E-state index in [9.17, 15) is 4.79 Å². The molecule has 0 fully saturated rings. The van der Waals surface area contributed by atoms with Crippen LogP contribution in [0.5, 0.6) is 0 Å². The first kappa shape index (κ1) is 16.5. The van der Waals surface area contributed by atoms with E-state index >= 15 is 0 Å². The Kier molecular flexibility index (Phi) is 5.20. The van der Waals surface area contributed by atoms with E-state index in [2.05, 4.69) is 4.99 Å². The summed E-state index contributed by atoms with van der Waals surface area (Å²) >= 11 is 0. The van der Waals surface area contributed by atoms with Crippen molar-refractivity contribution in [2.24, 2.45) is 16.3 Å². The summed E-state index contributed by atoms with van der Waals surface area (Å²) in [5.74, 6) is 0.726. The third-order valence-electron chi connectivity index (χ3n) is 3.56. The average molecular weight is 282 g/mol. The van der Waals surface area contributed by atoms with Crippen molar-refractivity contribution in [3.63, 3.8) is 0 Å². The smallest absolute Gasteiger partial charge is 0.416 e. The number of rotatable bonds is 1. The van der Waals surface area contributed by atoms with Gasteiger partial charge in [0.05, 0.1) is 19.3 Å². The third kappa shape index (κ3) is 3.32. The van der Waals surface area contributed by atoms with Crippen LogP contribution in [0.3, 0.4) is 0 Å². The molecule has 1 heterocycles. The summed E-state index contributed by atoms with van der Waals surface area (Å²) in [4.78, 5) is 18.6. The maximum atomic E-state index is 12.3. The van der Waals surface area contributed by atoms with Crippen molar-refractivity contribution in [2.75, 3.05) is 7.11 Å². The molecule has 0 aromatic carbocycles. The van der Waals surface area contributed by atoms with Crippen LogP contribution in [0.1, 0.15) is 41.5 Å². The highest BCUT2D eigenvalue weighted by molar-refractivity contribution is 5.82. The van der Waals surface area contributed by atoms with Crippen LogP contribution in [0.25, 0.3) is 0 Å². The Morgan fingerprint density at radius 3 is 2.40 bits per heavy atom. The molecule has 0 N–H and O–H groups in total. The lowest BCUT2D eigenvalue weighted by Crippen LogP contribution is -2.57. The van der Waals surface area contributed by atoms with Crippen molar-refractivity contribution in [3.05, 3.63) is 12.3 Å². The Hall–Kier alpha value is -1.52. The van der Waals surface area contributed by atoms with E-state index in [0.29, 0.717) is 5.90 Å². The lowest BCUT2D eigenvalue weighted by molar-refractivity contribution is 0.0377. The molecule has 0 bridgehead atoms. The van der Waals surface area contributed by atoms with Crippen molar-refractivity contribution in [1.29, 1.82) is 0 Å². The van der Waals surface area contributed by atoms with E-state index < -0.39 is 0 Å². The number of aliphatic imine (C=N–C) groups is 1. The monoisotopic (exact) mass is 282 g/mol. The fourth-order valence-electron chi connectivity index (χ4n) is 2.27. The molecule has 0 aliphatic carbocycles. The Labute approximate surface area is 121 Å². The molecule has 0 aromatic rings. The van der Waals surface area contributed by atoms with E-state index in [1.807, 2.05) is 34.6 Å². The first-order valence-electron chi connectivity index (χ1n) is 6.95. The number of methoxy groups -OCH3 is 1. The molecule has 0 unspecified atom stereocenters. The third-order valence-corrected chi connectivity index (χ3v) is 3.56. The van der Waals surface area contributed by atoms with Gasteiger partial charge in [0.2, 0.25) is 0 Å². The molecule has 5 nitrogen and oxygen atoms in total. The second kappa shape index (κ2) is 6.29. The van der Waals surface area contributed by atoms with Gasteiger partial charge in [0.1, 0.15) is 6.17 Å². The Morgan fingerprint density at radius 2 is 1.95 bits per heavy atom. The molecule has 0 saturated heterocycles. The van der Waals surface area contributed by atoms with Crippen molar-refractivity contribution < 1.29 is 14.3 Å². The van der Waals surface area contributed by atoms with Gasteiger partial charge in [-0.25, -0.2) is 9.79 Å². The van der Waals surface area contributed by atoms with Gasteiger partial charge in [-0.05, 0) is 13.8 Å². The van der Waals surface area contributed by atoms with Crippen LogP contribution in [0.2, 0.25) is 0 Å². The SMILES string of the molecule is C/C=C/OC(=O)N1[C@H](C(C)(C)C)N=C(OC)[C@@H](C)[C@@H]1C. The quantitative estimate of drug-likeness (QED) is 0.692. The maximum absolute atomic E-state index is 12.3. The number of carbonyl (C=O) groups is 1. The molecule has 0 aromatic heterocycles. The number of hydrogen-bond acceptors (Lipinski definition) is 4. The van der Waals surface area contributed by atoms with Gasteiger partial charge in [-0.3, -0.25) is 4.90 Å². The molecule has 1 amide bonds. The Bertz CT molecular complexity index is 410. The summed E-state index contributed by atoms with van der Waals surface area (Å²) in [5, 5.41) is 0. The van der Waals surface area contributed by atoms with Gasteiger partial charge in [0.25, 0.3) is 0 Å². The van der Waals surface area contributed by atoms with Crippen molar-refractivity contribution in [3.8, 4) is 0 Å². The van der Waals surface area contributed by atoms with E-state index in [1.54, 1.807) is 25.0 Å². The summed E-state index contributed by atoms with van der Waals surface area (Å²) in [5.41, 5.74) is -0.201. The predicted octanol–water partition coefficient (Wildman–Crippen LogP) is 3.41. The fourth-order valence-corrected chi connectivity index (χ4v) is 2.27. The minimum atomic E-state index is -0.374. The summed E-state index contributed by atoms with van der Waals surface area (Å²) in [6.07, 6.45) is 2.41. The zero-order valence-corrected chi connectivity index (χ0v) is 13.5. The van der Waals surface area contributed by atoms with Gasteiger partial charge in [0.15, 0.2) is 5.90 Å². The number of amides is 1. The minimum Gasteiger partial charge on any atom is -0.484 e. The minimum absolute atomic E-state index is 0.0376. The van der Waals surface area contributed by atoms with Crippen LogP contribution in [0.15, 0.2) is 17.3 Å². The van der Waals surface area contributed by atoms with Gasteiger partial charge < -0.3 is 9.47 Å². The van der Waals surface area contributed by atoms with Gasteiger partial charge >= 0.3 is 6.09 Å². The summed E-state index contributed by atoms with van der Waals surface area (Å²) < 4.78 is 10.5. The molecule has 0 saturated carbocycles. The van der Waals surface area contributed by atoms with Crippen molar-refractivity contribution in [1.82, 2.24) is 4.90 Å². The summed E-state index contributed by atoms with van der Waals surface area (Å²) in [6.45, 7) is 11.9. The molecular weight excluding hydrogens is 256 g/mol. The summed E-state index contributed by atoms with van der Waals surface area (Å²) in [7, 11) is 1.62. The van der Waals surface area contributed by atoms with Crippen LogP contribution < -0.4 is 0 Å². The highest BCUT2D eigenvalue weighted by atomic mass is 16.5. The van der Waals surface area contributed by atoms with Gasteiger partial charge in [-0.15, -0.1) is 0 Å². The second-order valence-corrected chi connectivity index (χ2v) is 6.20. The molecule has 3 atom stereocenters.